The molecule has 0 atom stereocenters. The van der Waals surface area contributed by atoms with E-state index in [1.54, 1.807) is 0 Å². The summed E-state index contributed by atoms with van der Waals surface area (Å²) in [5, 5.41) is 0. The van der Waals surface area contributed by atoms with Crippen LogP contribution in [0.15, 0.2) is 11.3 Å². The van der Waals surface area contributed by atoms with Gasteiger partial charge in [-0.15, -0.1) is 0 Å². The van der Waals surface area contributed by atoms with Crippen molar-refractivity contribution in [3.05, 3.63) is 11.3 Å². The number of hydrogen-bond donors (Lipinski definition) is 0. The van der Waals surface area contributed by atoms with Crippen molar-refractivity contribution in [2.75, 3.05) is 45.7 Å². The van der Waals surface area contributed by atoms with Crippen molar-refractivity contribution in [2.45, 2.75) is 27.7 Å². The van der Waals surface area contributed by atoms with E-state index in [1.807, 2.05) is 27.7 Å². The summed E-state index contributed by atoms with van der Waals surface area (Å²) in [4.78, 5) is 2.23. The van der Waals surface area contributed by atoms with Gasteiger partial charge in [0.25, 0.3) is 0 Å². The number of nitrogens with zero attached hydrogens (tertiary/aromatic N) is 1. The van der Waals surface area contributed by atoms with E-state index in [-0.39, 0.29) is 0 Å². The van der Waals surface area contributed by atoms with Crippen molar-refractivity contribution in [3.63, 3.8) is 0 Å². The Kier molecular flexibility index (Phi) is 7.08. The van der Waals surface area contributed by atoms with E-state index in [4.69, 9.17) is 13.8 Å². The Hall–Kier alpha value is -0.350. The fourth-order valence-corrected chi connectivity index (χ4v) is 4.04. The zero-order chi connectivity index (χ0) is 14.3. The van der Waals surface area contributed by atoms with Gasteiger partial charge in [0.1, 0.15) is 0 Å². The molecule has 19 heavy (non-hydrogen) atoms. The van der Waals surface area contributed by atoms with E-state index >= 15 is 0 Å². The molecule has 1 rings (SSSR count). The van der Waals surface area contributed by atoms with Gasteiger partial charge in [0, 0.05) is 18.8 Å². The fraction of sp³-hybridized carbons (Fsp3) is 0.846. The van der Waals surface area contributed by atoms with Crippen LogP contribution in [-0.4, -0.2) is 50.6 Å². The highest BCUT2D eigenvalue weighted by Gasteiger charge is 2.28. The predicted octanol–water partition coefficient (Wildman–Crippen LogP) is 2.88. The predicted molar refractivity (Wildman–Crippen MR) is 76.5 cm³/mol. The van der Waals surface area contributed by atoms with Gasteiger partial charge in [0.15, 0.2) is 0 Å². The lowest BCUT2D eigenvalue weighted by molar-refractivity contribution is 0.0529. The summed E-state index contributed by atoms with van der Waals surface area (Å²) in [6.45, 7) is 11.6. The molecular formula is C13H26NO4P. The summed E-state index contributed by atoms with van der Waals surface area (Å²) in [5.41, 5.74) is 2.22. The normalized spacial score (nSPS) is 16.5. The Morgan fingerprint density at radius 1 is 1.16 bits per heavy atom. The van der Waals surface area contributed by atoms with Gasteiger partial charge in [0.05, 0.1) is 32.6 Å². The highest BCUT2D eigenvalue weighted by Crippen LogP contribution is 2.50. The SMILES string of the molecule is CCOP(=O)(CC(=C(C)C)N1CCOCC1)OCC. The summed E-state index contributed by atoms with van der Waals surface area (Å²) >= 11 is 0. The van der Waals surface area contributed by atoms with Crippen LogP contribution in [-0.2, 0) is 18.3 Å². The molecule has 1 aliphatic rings. The summed E-state index contributed by atoms with van der Waals surface area (Å²) in [7, 11) is -3.04. The van der Waals surface area contributed by atoms with Gasteiger partial charge in [-0.1, -0.05) is 5.57 Å². The van der Waals surface area contributed by atoms with E-state index in [9.17, 15) is 4.57 Å². The quantitative estimate of drug-likeness (QED) is 0.675. The molecule has 1 aliphatic heterocycles. The molecular weight excluding hydrogens is 265 g/mol. The van der Waals surface area contributed by atoms with Crippen LogP contribution in [0.5, 0.6) is 0 Å². The molecule has 0 bridgehead atoms. The molecule has 0 spiro atoms. The number of ether oxygens (including phenoxy) is 1. The Bertz CT molecular complexity index is 337. The second-order valence-corrected chi connectivity index (χ2v) is 6.71. The Labute approximate surface area is 116 Å². The molecule has 0 aliphatic carbocycles. The van der Waals surface area contributed by atoms with Crippen molar-refractivity contribution in [3.8, 4) is 0 Å². The molecule has 0 aromatic rings. The molecule has 1 fully saturated rings. The first-order chi connectivity index (χ1) is 9.02. The third kappa shape index (κ3) is 5.27. The molecule has 0 unspecified atom stereocenters. The second-order valence-electron chi connectivity index (χ2n) is 4.65. The third-order valence-electron chi connectivity index (χ3n) is 2.96. The molecule has 1 heterocycles. The lowest BCUT2D eigenvalue weighted by Gasteiger charge is -2.33. The summed E-state index contributed by atoms with van der Waals surface area (Å²) < 4.78 is 28.8. The van der Waals surface area contributed by atoms with Gasteiger partial charge < -0.3 is 18.7 Å². The maximum atomic E-state index is 12.6. The molecule has 0 aromatic carbocycles. The van der Waals surface area contributed by atoms with Crippen LogP contribution in [0.3, 0.4) is 0 Å². The van der Waals surface area contributed by atoms with Crippen LogP contribution < -0.4 is 0 Å². The average Bonchev–Trinajstić information content (AvgIpc) is 2.37. The van der Waals surface area contributed by atoms with Crippen molar-refractivity contribution in [2.24, 2.45) is 0 Å². The van der Waals surface area contributed by atoms with Crippen LogP contribution in [0.25, 0.3) is 0 Å². The van der Waals surface area contributed by atoms with Crippen molar-refractivity contribution in [1.82, 2.24) is 4.90 Å². The highest BCUT2D eigenvalue weighted by molar-refractivity contribution is 7.54. The van der Waals surface area contributed by atoms with Crippen LogP contribution in [0.2, 0.25) is 0 Å². The summed E-state index contributed by atoms with van der Waals surface area (Å²) in [6.07, 6.45) is 0.344. The first kappa shape index (κ1) is 16.7. The van der Waals surface area contributed by atoms with Crippen molar-refractivity contribution in [1.29, 1.82) is 0 Å². The summed E-state index contributed by atoms with van der Waals surface area (Å²) in [6, 6.07) is 0. The van der Waals surface area contributed by atoms with Crippen LogP contribution >= 0.6 is 7.60 Å². The molecule has 0 amide bonds. The van der Waals surface area contributed by atoms with Gasteiger partial charge in [-0.2, -0.15) is 0 Å². The lowest BCUT2D eigenvalue weighted by atomic mass is 10.2. The molecule has 5 nitrogen and oxygen atoms in total. The first-order valence-electron chi connectivity index (χ1n) is 6.89. The number of hydrogen-bond acceptors (Lipinski definition) is 5. The second kappa shape index (κ2) is 8.05. The standard InChI is InChI=1S/C13H26NO4P/c1-5-17-19(15,18-6-2)11-13(12(3)4)14-7-9-16-10-8-14/h5-11H2,1-4H3. The van der Waals surface area contributed by atoms with Gasteiger partial charge in [0.2, 0.25) is 0 Å². The van der Waals surface area contributed by atoms with E-state index < -0.39 is 7.60 Å². The van der Waals surface area contributed by atoms with Crippen molar-refractivity contribution < 1.29 is 18.3 Å². The molecule has 0 radical (unpaired) electrons. The van der Waals surface area contributed by atoms with Crippen molar-refractivity contribution >= 4 is 7.60 Å². The molecule has 0 aromatic heterocycles. The molecule has 112 valence electrons. The molecule has 0 saturated carbocycles. The van der Waals surface area contributed by atoms with E-state index in [0.717, 1.165) is 24.4 Å². The zero-order valence-electron chi connectivity index (χ0n) is 12.5. The smallest absolute Gasteiger partial charge is 0.336 e. The minimum absolute atomic E-state index is 0.344. The highest BCUT2D eigenvalue weighted by atomic mass is 31.2. The molecule has 6 heteroatoms. The lowest BCUT2D eigenvalue weighted by Crippen LogP contribution is -2.37. The topological polar surface area (TPSA) is 48.0 Å². The maximum absolute atomic E-state index is 12.6. The average molecular weight is 291 g/mol. The zero-order valence-corrected chi connectivity index (χ0v) is 13.4. The summed E-state index contributed by atoms with van der Waals surface area (Å²) in [5.74, 6) is 0. The fourth-order valence-electron chi connectivity index (χ4n) is 2.11. The van der Waals surface area contributed by atoms with E-state index in [1.165, 1.54) is 0 Å². The molecule has 0 N–H and O–H groups in total. The Morgan fingerprint density at radius 2 is 1.68 bits per heavy atom. The number of allylic oxidation sites excluding steroid dienone is 2. The van der Waals surface area contributed by atoms with E-state index in [2.05, 4.69) is 4.90 Å². The van der Waals surface area contributed by atoms with Gasteiger partial charge in [-0.3, -0.25) is 4.57 Å². The Morgan fingerprint density at radius 3 is 2.11 bits per heavy atom. The van der Waals surface area contributed by atoms with Crippen LogP contribution in [0.4, 0.5) is 0 Å². The minimum Gasteiger partial charge on any atom is -0.378 e. The van der Waals surface area contributed by atoms with E-state index in [0.29, 0.717) is 32.6 Å². The minimum atomic E-state index is -3.04. The Balaban J connectivity index is 2.82. The largest absolute Gasteiger partial charge is 0.378 e. The molecule has 1 saturated heterocycles. The number of rotatable bonds is 7. The van der Waals surface area contributed by atoms with Crippen LogP contribution in [0, 0.1) is 0 Å². The van der Waals surface area contributed by atoms with Gasteiger partial charge >= 0.3 is 7.60 Å². The van der Waals surface area contributed by atoms with Crippen LogP contribution in [0.1, 0.15) is 27.7 Å². The monoisotopic (exact) mass is 291 g/mol. The van der Waals surface area contributed by atoms with Gasteiger partial charge in [-0.25, -0.2) is 0 Å². The maximum Gasteiger partial charge on any atom is 0.336 e. The third-order valence-corrected chi connectivity index (χ3v) is 4.95. The first-order valence-corrected chi connectivity index (χ1v) is 8.62. The van der Waals surface area contributed by atoms with Gasteiger partial charge in [-0.05, 0) is 27.7 Å². The number of morpholine rings is 1.